The van der Waals surface area contributed by atoms with Gasteiger partial charge >= 0.3 is 5.97 Å². The SMILES string of the molecule is C/C(=C\CSCC(NC(=O)CCC=O)C(=O)O)CCCC(C)CCCC(C)CCCC(C)C. The Morgan fingerprint density at radius 3 is 2.03 bits per heavy atom. The summed E-state index contributed by atoms with van der Waals surface area (Å²) in [6, 6.07) is -0.915. The maximum Gasteiger partial charge on any atom is 0.327 e. The van der Waals surface area contributed by atoms with Crippen molar-refractivity contribution in [3.8, 4) is 0 Å². The van der Waals surface area contributed by atoms with Gasteiger partial charge in [-0.3, -0.25) is 4.79 Å². The molecule has 0 aromatic rings. The Hall–Kier alpha value is -1.30. The summed E-state index contributed by atoms with van der Waals surface area (Å²) in [4.78, 5) is 33.3. The van der Waals surface area contributed by atoms with Crippen LogP contribution in [0.15, 0.2) is 11.6 Å². The van der Waals surface area contributed by atoms with Crippen LogP contribution in [-0.2, 0) is 14.4 Å². The zero-order valence-electron chi connectivity index (χ0n) is 21.7. The van der Waals surface area contributed by atoms with Crippen molar-refractivity contribution in [2.45, 2.75) is 111 Å². The maximum absolute atomic E-state index is 11.6. The molecule has 1 amide bonds. The minimum Gasteiger partial charge on any atom is -0.480 e. The molecule has 0 spiro atoms. The fourth-order valence-corrected chi connectivity index (χ4v) is 4.83. The first-order chi connectivity index (χ1) is 15.6. The van der Waals surface area contributed by atoms with Gasteiger partial charge in [0.15, 0.2) is 0 Å². The molecule has 0 heterocycles. The van der Waals surface area contributed by atoms with Crippen molar-refractivity contribution >= 4 is 29.9 Å². The van der Waals surface area contributed by atoms with Crippen molar-refractivity contribution in [3.63, 3.8) is 0 Å². The molecule has 0 saturated carbocycles. The number of carbonyl (C=O) groups excluding carboxylic acids is 2. The van der Waals surface area contributed by atoms with E-state index in [4.69, 9.17) is 0 Å². The molecule has 0 aliphatic rings. The molecule has 0 aliphatic carbocycles. The van der Waals surface area contributed by atoms with Gasteiger partial charge in [-0.25, -0.2) is 4.79 Å². The van der Waals surface area contributed by atoms with E-state index in [0.717, 1.165) is 29.9 Å². The first kappa shape index (κ1) is 31.7. The van der Waals surface area contributed by atoms with E-state index in [2.05, 4.69) is 46.0 Å². The molecule has 0 fully saturated rings. The zero-order valence-corrected chi connectivity index (χ0v) is 22.6. The van der Waals surface area contributed by atoms with Gasteiger partial charge in [-0.15, -0.1) is 0 Å². The summed E-state index contributed by atoms with van der Waals surface area (Å²) in [5.74, 6) is 2.07. The number of aliphatic carboxylic acids is 1. The fraction of sp³-hybridized carbons (Fsp3) is 0.815. The van der Waals surface area contributed by atoms with E-state index in [1.54, 1.807) is 0 Å². The number of carboxylic acids is 1. The van der Waals surface area contributed by atoms with Crippen LogP contribution < -0.4 is 5.32 Å². The number of hydrogen-bond acceptors (Lipinski definition) is 4. The number of nitrogens with one attached hydrogen (secondary N) is 1. The molecule has 3 unspecified atom stereocenters. The second-order valence-electron chi connectivity index (χ2n) is 10.1. The molecule has 6 heteroatoms. The Labute approximate surface area is 206 Å². The van der Waals surface area contributed by atoms with Crippen molar-refractivity contribution in [3.05, 3.63) is 11.6 Å². The van der Waals surface area contributed by atoms with E-state index in [1.165, 1.54) is 68.7 Å². The van der Waals surface area contributed by atoms with Gasteiger partial charge in [-0.2, -0.15) is 11.8 Å². The van der Waals surface area contributed by atoms with Crippen molar-refractivity contribution in [1.29, 1.82) is 0 Å². The average molecular weight is 484 g/mol. The van der Waals surface area contributed by atoms with E-state index in [0.29, 0.717) is 12.0 Å². The van der Waals surface area contributed by atoms with Crippen molar-refractivity contribution in [2.75, 3.05) is 11.5 Å². The van der Waals surface area contributed by atoms with Crippen LogP contribution in [0.25, 0.3) is 0 Å². The smallest absolute Gasteiger partial charge is 0.327 e. The molecule has 192 valence electrons. The molecule has 0 bridgehead atoms. The van der Waals surface area contributed by atoms with Gasteiger partial charge < -0.3 is 15.2 Å². The van der Waals surface area contributed by atoms with E-state index in [9.17, 15) is 19.5 Å². The molecule has 0 radical (unpaired) electrons. The molecular weight excluding hydrogens is 434 g/mol. The lowest BCUT2D eigenvalue weighted by atomic mass is 9.91. The fourth-order valence-electron chi connectivity index (χ4n) is 3.83. The highest BCUT2D eigenvalue weighted by atomic mass is 32.2. The Bertz CT molecular complexity index is 576. The van der Waals surface area contributed by atoms with Crippen molar-refractivity contribution in [2.24, 2.45) is 17.8 Å². The number of carbonyl (C=O) groups is 3. The quantitative estimate of drug-likeness (QED) is 0.108. The highest BCUT2D eigenvalue weighted by Crippen LogP contribution is 2.22. The largest absolute Gasteiger partial charge is 0.480 e. The van der Waals surface area contributed by atoms with Crippen LogP contribution in [0.3, 0.4) is 0 Å². The van der Waals surface area contributed by atoms with Gasteiger partial charge in [-0.1, -0.05) is 84.3 Å². The number of aldehydes is 1. The average Bonchev–Trinajstić information content (AvgIpc) is 2.73. The van der Waals surface area contributed by atoms with E-state index in [-0.39, 0.29) is 12.8 Å². The second-order valence-corrected chi connectivity index (χ2v) is 11.2. The summed E-state index contributed by atoms with van der Waals surface area (Å²) >= 11 is 1.50. The van der Waals surface area contributed by atoms with Crippen molar-refractivity contribution < 1.29 is 19.5 Å². The molecular formula is C27H49NO4S. The normalized spacial score (nSPS) is 14.7. The number of thioether (sulfide) groups is 1. The van der Waals surface area contributed by atoms with Crippen LogP contribution >= 0.6 is 11.8 Å². The highest BCUT2D eigenvalue weighted by Gasteiger charge is 2.19. The zero-order chi connectivity index (χ0) is 25.1. The van der Waals surface area contributed by atoms with Gasteiger partial charge in [-0.05, 0) is 37.5 Å². The molecule has 3 atom stereocenters. The number of amides is 1. The number of rotatable bonds is 21. The standard InChI is InChI=1S/C27H49NO4S/c1-21(2)10-6-11-22(3)12-7-13-23(4)14-8-15-24(5)17-19-33-20-25(27(31)32)28-26(30)16-9-18-29/h17-18,21-23,25H,6-16,19-20H2,1-5H3,(H,28,30)(H,31,32)/b24-17+. The van der Waals surface area contributed by atoms with E-state index < -0.39 is 17.9 Å². The monoisotopic (exact) mass is 483 g/mol. The lowest BCUT2D eigenvalue weighted by Gasteiger charge is -2.15. The Kier molecular flexibility index (Phi) is 19.3. The van der Waals surface area contributed by atoms with Gasteiger partial charge in [0.05, 0.1) is 0 Å². The Morgan fingerprint density at radius 2 is 1.48 bits per heavy atom. The molecule has 0 rings (SSSR count). The molecule has 33 heavy (non-hydrogen) atoms. The first-order valence-electron chi connectivity index (χ1n) is 12.8. The molecule has 0 aromatic carbocycles. The van der Waals surface area contributed by atoms with Gasteiger partial charge in [0.2, 0.25) is 5.91 Å². The lowest BCUT2D eigenvalue weighted by Crippen LogP contribution is -2.42. The maximum atomic E-state index is 11.6. The first-order valence-corrected chi connectivity index (χ1v) is 14.0. The third kappa shape index (κ3) is 19.8. The summed E-state index contributed by atoms with van der Waals surface area (Å²) in [5.41, 5.74) is 1.34. The summed E-state index contributed by atoms with van der Waals surface area (Å²) in [7, 11) is 0. The van der Waals surface area contributed by atoms with Crippen LogP contribution in [-0.4, -0.2) is 40.8 Å². The van der Waals surface area contributed by atoms with Crippen molar-refractivity contribution in [1.82, 2.24) is 5.32 Å². The predicted molar refractivity (Wildman–Crippen MR) is 141 cm³/mol. The molecule has 0 aliphatic heterocycles. The van der Waals surface area contributed by atoms with Crippen LogP contribution in [0.1, 0.15) is 105 Å². The Morgan fingerprint density at radius 1 is 0.909 bits per heavy atom. The van der Waals surface area contributed by atoms with Crippen LogP contribution in [0.5, 0.6) is 0 Å². The molecule has 0 aromatic heterocycles. The minimum atomic E-state index is -1.04. The second kappa shape index (κ2) is 20.1. The van der Waals surface area contributed by atoms with Gasteiger partial charge in [0, 0.05) is 24.3 Å². The topological polar surface area (TPSA) is 83.5 Å². The van der Waals surface area contributed by atoms with Gasteiger partial charge in [0.25, 0.3) is 0 Å². The summed E-state index contributed by atoms with van der Waals surface area (Å²) in [6.07, 6.45) is 14.6. The molecule has 0 saturated heterocycles. The summed E-state index contributed by atoms with van der Waals surface area (Å²) in [6.45, 7) is 11.5. The number of carboxylic acid groups (broad SMARTS) is 1. The summed E-state index contributed by atoms with van der Waals surface area (Å²) in [5, 5.41) is 11.7. The predicted octanol–water partition coefficient (Wildman–Crippen LogP) is 6.65. The molecule has 2 N–H and O–H groups in total. The van der Waals surface area contributed by atoms with Crippen LogP contribution in [0.4, 0.5) is 0 Å². The van der Waals surface area contributed by atoms with Crippen LogP contribution in [0, 0.1) is 17.8 Å². The number of allylic oxidation sites excluding steroid dienone is 1. The lowest BCUT2D eigenvalue weighted by molar-refractivity contribution is -0.141. The Balaban J connectivity index is 3.95. The minimum absolute atomic E-state index is 0.0344. The van der Waals surface area contributed by atoms with E-state index >= 15 is 0 Å². The third-order valence-electron chi connectivity index (χ3n) is 6.10. The molecule has 5 nitrogen and oxygen atoms in total. The van der Waals surface area contributed by atoms with E-state index in [1.807, 2.05) is 0 Å². The van der Waals surface area contributed by atoms with Gasteiger partial charge in [0.1, 0.15) is 12.3 Å². The number of hydrogen-bond donors (Lipinski definition) is 2. The van der Waals surface area contributed by atoms with Crippen LogP contribution in [0.2, 0.25) is 0 Å². The highest BCUT2D eigenvalue weighted by molar-refractivity contribution is 7.99. The summed E-state index contributed by atoms with van der Waals surface area (Å²) < 4.78 is 0. The third-order valence-corrected chi connectivity index (χ3v) is 7.07.